The van der Waals surface area contributed by atoms with E-state index in [-0.39, 0.29) is 17.0 Å². The Morgan fingerprint density at radius 3 is 2.62 bits per heavy atom. The summed E-state index contributed by atoms with van der Waals surface area (Å²) in [6.45, 7) is 1.92. The van der Waals surface area contributed by atoms with Crippen molar-refractivity contribution in [3.8, 4) is 0 Å². The summed E-state index contributed by atoms with van der Waals surface area (Å²) in [7, 11) is -3.60. The average Bonchev–Trinajstić information content (AvgIpc) is 2.17. The van der Waals surface area contributed by atoms with Crippen LogP contribution in [0.1, 0.15) is 17.3 Å². The van der Waals surface area contributed by atoms with Crippen molar-refractivity contribution < 1.29 is 18.3 Å². The van der Waals surface area contributed by atoms with E-state index in [2.05, 4.69) is 4.72 Å². The third-order valence-electron chi connectivity index (χ3n) is 1.81. The van der Waals surface area contributed by atoms with Crippen molar-refractivity contribution in [2.75, 3.05) is 6.54 Å². The predicted molar refractivity (Wildman–Crippen MR) is 67.0 cm³/mol. The Bertz CT molecular complexity index is 512. The molecule has 0 aliphatic carbocycles. The molecule has 0 bridgehead atoms. The van der Waals surface area contributed by atoms with Crippen molar-refractivity contribution in [1.82, 2.24) is 4.72 Å². The number of carboxylic acid groups (broad SMARTS) is 1. The minimum atomic E-state index is -3.60. The third kappa shape index (κ3) is 2.92. The molecule has 0 atom stereocenters. The lowest BCUT2D eigenvalue weighted by Crippen LogP contribution is -2.23. The molecule has 0 aliphatic heterocycles. The highest BCUT2D eigenvalue weighted by atomic mass is 127. The second-order valence-electron chi connectivity index (χ2n) is 2.95. The van der Waals surface area contributed by atoms with Crippen LogP contribution in [0.25, 0.3) is 0 Å². The topological polar surface area (TPSA) is 83.5 Å². The fourth-order valence-electron chi connectivity index (χ4n) is 1.11. The Hall–Kier alpha value is -0.670. The smallest absolute Gasteiger partial charge is 0.336 e. The van der Waals surface area contributed by atoms with Gasteiger partial charge < -0.3 is 5.11 Å². The number of hydrogen-bond acceptors (Lipinski definition) is 3. The zero-order chi connectivity index (χ0) is 12.3. The number of rotatable bonds is 4. The molecule has 0 radical (unpaired) electrons. The highest BCUT2D eigenvalue weighted by Crippen LogP contribution is 2.17. The molecule has 0 heterocycles. The third-order valence-corrected chi connectivity index (χ3v) is 4.30. The van der Waals surface area contributed by atoms with Gasteiger partial charge >= 0.3 is 5.97 Å². The molecule has 1 rings (SSSR count). The van der Waals surface area contributed by atoms with Gasteiger partial charge in [0, 0.05) is 10.1 Å². The lowest BCUT2D eigenvalue weighted by atomic mass is 10.2. The van der Waals surface area contributed by atoms with Gasteiger partial charge in [-0.1, -0.05) is 6.92 Å². The van der Waals surface area contributed by atoms with E-state index >= 15 is 0 Å². The van der Waals surface area contributed by atoms with Crippen LogP contribution in [-0.4, -0.2) is 26.0 Å². The Kier molecular flexibility index (Phi) is 4.28. The van der Waals surface area contributed by atoms with Crippen molar-refractivity contribution in [1.29, 1.82) is 0 Å². The van der Waals surface area contributed by atoms with Gasteiger partial charge in [-0.15, -0.1) is 0 Å². The van der Waals surface area contributed by atoms with Crippen LogP contribution in [0.2, 0.25) is 0 Å². The molecule has 7 heteroatoms. The fraction of sp³-hybridized carbons (Fsp3) is 0.222. The van der Waals surface area contributed by atoms with Crippen LogP contribution < -0.4 is 4.72 Å². The van der Waals surface area contributed by atoms with E-state index in [4.69, 9.17) is 5.11 Å². The summed E-state index contributed by atoms with van der Waals surface area (Å²) in [5.41, 5.74) is -0.0143. The normalized spacial score (nSPS) is 11.4. The molecular weight excluding hydrogens is 345 g/mol. The maximum atomic E-state index is 11.6. The number of aromatic carboxylic acids is 1. The summed E-state index contributed by atoms with van der Waals surface area (Å²) < 4.78 is 26.0. The molecule has 0 saturated carbocycles. The Morgan fingerprint density at radius 1 is 1.50 bits per heavy atom. The molecule has 2 N–H and O–H groups in total. The lowest BCUT2D eigenvalue weighted by molar-refractivity contribution is 0.0695. The standard InChI is InChI=1S/C9H10INO4S/c1-2-11-16(14,15)6-3-4-8(10)7(5-6)9(12)13/h3-5,11H,2H2,1H3,(H,12,13). The van der Waals surface area contributed by atoms with Gasteiger partial charge in [0.2, 0.25) is 10.0 Å². The fourth-order valence-corrected chi connectivity index (χ4v) is 2.74. The summed E-state index contributed by atoms with van der Waals surface area (Å²) >= 11 is 1.85. The van der Waals surface area contributed by atoms with Crippen LogP contribution in [0.15, 0.2) is 23.1 Å². The Labute approximate surface area is 107 Å². The lowest BCUT2D eigenvalue weighted by Gasteiger charge is -2.06. The SMILES string of the molecule is CCNS(=O)(=O)c1ccc(I)c(C(=O)O)c1. The molecule has 16 heavy (non-hydrogen) atoms. The van der Waals surface area contributed by atoms with E-state index < -0.39 is 16.0 Å². The largest absolute Gasteiger partial charge is 0.478 e. The molecule has 0 amide bonds. The van der Waals surface area contributed by atoms with Crippen LogP contribution in [0.5, 0.6) is 0 Å². The molecule has 0 fully saturated rings. The van der Waals surface area contributed by atoms with Crippen molar-refractivity contribution >= 4 is 38.6 Å². The molecule has 88 valence electrons. The minimum absolute atomic E-state index is 0.0143. The maximum Gasteiger partial charge on any atom is 0.336 e. The van der Waals surface area contributed by atoms with Gasteiger partial charge in [0.1, 0.15) is 0 Å². The first-order chi connectivity index (χ1) is 7.38. The quantitative estimate of drug-likeness (QED) is 0.798. The number of halogens is 1. The Morgan fingerprint density at radius 2 is 2.12 bits per heavy atom. The Balaban J connectivity index is 3.28. The van der Waals surface area contributed by atoms with Crippen LogP contribution in [0.4, 0.5) is 0 Å². The number of carbonyl (C=O) groups is 1. The van der Waals surface area contributed by atoms with Crippen LogP contribution >= 0.6 is 22.6 Å². The summed E-state index contributed by atoms with van der Waals surface area (Å²) in [4.78, 5) is 10.8. The number of nitrogens with one attached hydrogen (secondary N) is 1. The first-order valence-corrected chi connectivity index (χ1v) is 6.97. The van der Waals surface area contributed by atoms with Gasteiger partial charge in [0.05, 0.1) is 10.5 Å². The van der Waals surface area contributed by atoms with Gasteiger partial charge in [-0.05, 0) is 40.8 Å². The molecule has 0 aliphatic rings. The molecule has 1 aromatic carbocycles. The summed E-state index contributed by atoms with van der Waals surface area (Å²) in [5, 5.41) is 8.87. The van der Waals surface area contributed by atoms with Gasteiger partial charge in [-0.3, -0.25) is 0 Å². The minimum Gasteiger partial charge on any atom is -0.478 e. The highest BCUT2D eigenvalue weighted by molar-refractivity contribution is 14.1. The monoisotopic (exact) mass is 355 g/mol. The van der Waals surface area contributed by atoms with Gasteiger partial charge in [0.15, 0.2) is 0 Å². The van der Waals surface area contributed by atoms with Crippen molar-refractivity contribution in [2.24, 2.45) is 0 Å². The van der Waals surface area contributed by atoms with Crippen LogP contribution in [0.3, 0.4) is 0 Å². The average molecular weight is 355 g/mol. The van der Waals surface area contributed by atoms with Gasteiger partial charge in [-0.25, -0.2) is 17.9 Å². The maximum absolute atomic E-state index is 11.6. The zero-order valence-electron chi connectivity index (χ0n) is 8.40. The zero-order valence-corrected chi connectivity index (χ0v) is 11.4. The molecule has 0 spiro atoms. The molecule has 5 nitrogen and oxygen atoms in total. The van der Waals surface area contributed by atoms with Crippen molar-refractivity contribution in [3.05, 3.63) is 27.3 Å². The summed E-state index contributed by atoms with van der Waals surface area (Å²) in [6, 6.07) is 4.00. The number of benzene rings is 1. The van der Waals surface area contributed by atoms with E-state index in [1.807, 2.05) is 22.6 Å². The van der Waals surface area contributed by atoms with E-state index in [1.165, 1.54) is 12.1 Å². The molecule has 0 aromatic heterocycles. The molecular formula is C9H10INO4S. The number of sulfonamides is 1. The van der Waals surface area contributed by atoms with E-state index in [0.29, 0.717) is 3.57 Å². The van der Waals surface area contributed by atoms with E-state index in [1.54, 1.807) is 6.92 Å². The summed E-state index contributed by atoms with van der Waals surface area (Å²) in [5.74, 6) is -1.14. The van der Waals surface area contributed by atoms with Crippen LogP contribution in [-0.2, 0) is 10.0 Å². The first kappa shape index (κ1) is 13.4. The first-order valence-electron chi connectivity index (χ1n) is 4.41. The van der Waals surface area contributed by atoms with E-state index in [9.17, 15) is 13.2 Å². The second kappa shape index (κ2) is 5.11. The van der Waals surface area contributed by atoms with Gasteiger partial charge in [0.25, 0.3) is 0 Å². The predicted octanol–water partition coefficient (Wildman–Crippen LogP) is 1.29. The highest BCUT2D eigenvalue weighted by Gasteiger charge is 2.16. The molecule has 1 aromatic rings. The van der Waals surface area contributed by atoms with Crippen LogP contribution in [0, 0.1) is 3.57 Å². The molecule has 0 saturated heterocycles. The van der Waals surface area contributed by atoms with E-state index in [0.717, 1.165) is 6.07 Å². The van der Waals surface area contributed by atoms with Gasteiger partial charge in [-0.2, -0.15) is 0 Å². The molecule has 0 unspecified atom stereocenters. The summed E-state index contributed by atoms with van der Waals surface area (Å²) in [6.07, 6.45) is 0. The number of carboxylic acids is 1. The second-order valence-corrected chi connectivity index (χ2v) is 5.88. The number of hydrogen-bond donors (Lipinski definition) is 2. The van der Waals surface area contributed by atoms with Crippen molar-refractivity contribution in [3.63, 3.8) is 0 Å². The van der Waals surface area contributed by atoms with Crippen molar-refractivity contribution in [2.45, 2.75) is 11.8 Å².